The number of nitrogens with one attached hydrogen (secondary N) is 1. The first-order valence-electron chi connectivity index (χ1n) is 10.5. The summed E-state index contributed by atoms with van der Waals surface area (Å²) in [6, 6.07) is 13.2. The topological polar surface area (TPSA) is 79.2 Å². The molecule has 4 aromatic rings. The number of anilines is 3. The number of hydrogen-bond donors (Lipinski definition) is 1. The lowest BCUT2D eigenvalue weighted by Crippen LogP contribution is -2.46. The third kappa shape index (κ3) is 4.32. The Morgan fingerprint density at radius 1 is 0.970 bits per heavy atom. The predicted molar refractivity (Wildman–Crippen MR) is 121 cm³/mol. The number of hydrogen-bond acceptors (Lipinski definition) is 6. The van der Waals surface area contributed by atoms with E-state index in [-0.39, 0.29) is 12.2 Å². The summed E-state index contributed by atoms with van der Waals surface area (Å²) in [5.41, 5.74) is 1.47. The van der Waals surface area contributed by atoms with Crippen molar-refractivity contribution in [3.05, 3.63) is 72.7 Å². The van der Waals surface area contributed by atoms with E-state index < -0.39 is 17.5 Å². The number of benzene rings is 2. The Labute approximate surface area is 188 Å². The first-order valence-corrected chi connectivity index (χ1v) is 10.5. The van der Waals surface area contributed by atoms with Crippen molar-refractivity contribution in [3.8, 4) is 0 Å². The maximum atomic E-state index is 13.8. The van der Waals surface area contributed by atoms with Crippen LogP contribution in [0, 0.1) is 11.6 Å². The van der Waals surface area contributed by atoms with Gasteiger partial charge < -0.3 is 15.1 Å². The molecule has 0 bridgehead atoms. The maximum absolute atomic E-state index is 13.8. The Morgan fingerprint density at radius 3 is 2.52 bits per heavy atom. The molecule has 0 atom stereocenters. The number of carbonyl (C=O) groups is 1. The van der Waals surface area contributed by atoms with Gasteiger partial charge in [-0.25, -0.2) is 23.4 Å². The van der Waals surface area contributed by atoms with E-state index in [4.69, 9.17) is 0 Å². The molecule has 33 heavy (non-hydrogen) atoms. The van der Waals surface area contributed by atoms with Crippen molar-refractivity contribution in [2.45, 2.75) is 6.54 Å². The SMILES string of the molecule is O=C(Cn1ncc2c(N3CCN(c4ccccc4)CC3)ncnc21)Nc1cc(F)ccc1F. The molecule has 1 amide bonds. The highest BCUT2D eigenvalue weighted by Crippen LogP contribution is 2.25. The van der Waals surface area contributed by atoms with Gasteiger partial charge in [0.1, 0.15) is 30.3 Å². The van der Waals surface area contributed by atoms with Crippen LogP contribution < -0.4 is 15.1 Å². The van der Waals surface area contributed by atoms with Crippen LogP contribution in [-0.4, -0.2) is 51.8 Å². The Hall–Kier alpha value is -4.08. The lowest BCUT2D eigenvalue weighted by atomic mass is 10.2. The zero-order chi connectivity index (χ0) is 22.8. The van der Waals surface area contributed by atoms with Gasteiger partial charge in [0.2, 0.25) is 5.91 Å². The van der Waals surface area contributed by atoms with Crippen LogP contribution in [0.15, 0.2) is 61.1 Å². The number of rotatable bonds is 5. The molecular formula is C23H21F2N7O. The highest BCUT2D eigenvalue weighted by Gasteiger charge is 2.22. The molecule has 1 fully saturated rings. The number of fused-ring (bicyclic) bond motifs is 1. The fraction of sp³-hybridized carbons (Fsp3) is 0.217. The monoisotopic (exact) mass is 449 g/mol. The molecule has 2 aromatic heterocycles. The molecule has 168 valence electrons. The summed E-state index contributed by atoms with van der Waals surface area (Å²) in [7, 11) is 0. The molecule has 3 heterocycles. The van der Waals surface area contributed by atoms with Crippen LogP contribution in [0.3, 0.4) is 0 Å². The van der Waals surface area contributed by atoms with Gasteiger partial charge in [-0.2, -0.15) is 5.10 Å². The Kier molecular flexibility index (Phi) is 5.55. The minimum Gasteiger partial charge on any atom is -0.368 e. The second-order valence-electron chi connectivity index (χ2n) is 7.72. The maximum Gasteiger partial charge on any atom is 0.246 e. The molecule has 0 spiro atoms. The van der Waals surface area contributed by atoms with E-state index in [9.17, 15) is 13.6 Å². The van der Waals surface area contributed by atoms with Gasteiger partial charge in [0.15, 0.2) is 5.65 Å². The lowest BCUT2D eigenvalue weighted by molar-refractivity contribution is -0.116. The van der Waals surface area contributed by atoms with E-state index in [0.29, 0.717) is 5.65 Å². The molecule has 5 rings (SSSR count). The van der Waals surface area contributed by atoms with Gasteiger partial charge in [-0.1, -0.05) is 18.2 Å². The number of carbonyl (C=O) groups excluding carboxylic acids is 1. The smallest absolute Gasteiger partial charge is 0.246 e. The third-order valence-electron chi connectivity index (χ3n) is 5.61. The molecule has 0 saturated carbocycles. The van der Waals surface area contributed by atoms with Crippen molar-refractivity contribution in [3.63, 3.8) is 0 Å². The Balaban J connectivity index is 1.30. The van der Waals surface area contributed by atoms with E-state index in [2.05, 4.69) is 42.3 Å². The molecule has 1 aliphatic rings. The molecule has 8 nitrogen and oxygen atoms in total. The lowest BCUT2D eigenvalue weighted by Gasteiger charge is -2.36. The summed E-state index contributed by atoms with van der Waals surface area (Å²) in [4.78, 5) is 25.7. The Bertz CT molecular complexity index is 1290. The molecular weight excluding hydrogens is 428 g/mol. The van der Waals surface area contributed by atoms with Crippen LogP contribution in [0.1, 0.15) is 0 Å². The molecule has 0 unspecified atom stereocenters. The zero-order valence-electron chi connectivity index (χ0n) is 17.7. The summed E-state index contributed by atoms with van der Waals surface area (Å²) in [5.74, 6) is -1.13. The van der Waals surface area contributed by atoms with Gasteiger partial charge in [0.25, 0.3) is 0 Å². The van der Waals surface area contributed by atoms with Crippen LogP contribution in [0.5, 0.6) is 0 Å². The van der Waals surface area contributed by atoms with Gasteiger partial charge in [-0.05, 0) is 24.3 Å². The first kappa shape index (κ1) is 20.8. The Morgan fingerprint density at radius 2 is 1.73 bits per heavy atom. The third-order valence-corrected chi connectivity index (χ3v) is 5.61. The van der Waals surface area contributed by atoms with E-state index in [0.717, 1.165) is 55.6 Å². The highest BCUT2D eigenvalue weighted by molar-refractivity contribution is 5.92. The number of aromatic nitrogens is 4. The minimum absolute atomic E-state index is 0.197. The summed E-state index contributed by atoms with van der Waals surface area (Å²) in [5, 5.41) is 7.39. The van der Waals surface area contributed by atoms with Gasteiger partial charge >= 0.3 is 0 Å². The van der Waals surface area contributed by atoms with Gasteiger partial charge in [0.05, 0.1) is 17.3 Å². The number of para-hydroxylation sites is 1. The van der Waals surface area contributed by atoms with Crippen molar-refractivity contribution in [2.75, 3.05) is 41.3 Å². The van der Waals surface area contributed by atoms with E-state index in [1.165, 1.54) is 16.7 Å². The van der Waals surface area contributed by atoms with Crippen molar-refractivity contribution in [1.82, 2.24) is 19.7 Å². The molecule has 1 N–H and O–H groups in total. The summed E-state index contributed by atoms with van der Waals surface area (Å²) >= 11 is 0. The largest absolute Gasteiger partial charge is 0.368 e. The number of nitrogens with zero attached hydrogens (tertiary/aromatic N) is 6. The fourth-order valence-electron chi connectivity index (χ4n) is 3.98. The number of halogens is 2. The normalized spacial score (nSPS) is 14.0. The van der Waals surface area contributed by atoms with Crippen LogP contribution in [0.25, 0.3) is 11.0 Å². The van der Waals surface area contributed by atoms with Crippen LogP contribution in [-0.2, 0) is 11.3 Å². The average Bonchev–Trinajstić information content (AvgIpc) is 3.25. The molecule has 10 heteroatoms. The molecule has 1 aliphatic heterocycles. The summed E-state index contributed by atoms with van der Waals surface area (Å²) in [6.45, 7) is 3.07. The van der Waals surface area contributed by atoms with Crippen molar-refractivity contribution in [2.24, 2.45) is 0 Å². The van der Waals surface area contributed by atoms with Crippen molar-refractivity contribution >= 4 is 34.1 Å². The van der Waals surface area contributed by atoms with Crippen LogP contribution in [0.2, 0.25) is 0 Å². The van der Waals surface area contributed by atoms with Crippen molar-refractivity contribution < 1.29 is 13.6 Å². The van der Waals surface area contributed by atoms with Crippen LogP contribution in [0.4, 0.5) is 26.0 Å². The van der Waals surface area contributed by atoms with Crippen molar-refractivity contribution in [1.29, 1.82) is 0 Å². The highest BCUT2D eigenvalue weighted by atomic mass is 19.1. The fourth-order valence-corrected chi connectivity index (χ4v) is 3.98. The average molecular weight is 449 g/mol. The number of amides is 1. The second-order valence-corrected chi connectivity index (χ2v) is 7.72. The van der Waals surface area contributed by atoms with Gasteiger partial charge in [-0.3, -0.25) is 4.79 Å². The van der Waals surface area contributed by atoms with Gasteiger partial charge in [-0.15, -0.1) is 0 Å². The quantitative estimate of drug-likeness (QED) is 0.505. The van der Waals surface area contributed by atoms with E-state index in [1.807, 2.05) is 18.2 Å². The molecule has 0 aliphatic carbocycles. The van der Waals surface area contributed by atoms with E-state index >= 15 is 0 Å². The second kappa shape index (κ2) is 8.81. The molecule has 1 saturated heterocycles. The van der Waals surface area contributed by atoms with Crippen LogP contribution >= 0.6 is 0 Å². The van der Waals surface area contributed by atoms with Gasteiger partial charge in [0, 0.05) is 37.9 Å². The number of piperazine rings is 1. The summed E-state index contributed by atoms with van der Waals surface area (Å²) < 4.78 is 28.6. The zero-order valence-corrected chi connectivity index (χ0v) is 17.7. The molecule has 2 aromatic carbocycles. The standard InChI is InChI=1S/C23H21F2N7O/c24-16-6-7-19(25)20(12-16)29-21(33)14-32-23-18(13-28-32)22(26-15-27-23)31-10-8-30(9-11-31)17-4-2-1-3-5-17/h1-7,12-13,15H,8-11,14H2,(H,29,33). The first-order chi connectivity index (χ1) is 16.1. The molecule has 0 radical (unpaired) electrons. The summed E-state index contributed by atoms with van der Waals surface area (Å²) in [6.07, 6.45) is 3.08. The van der Waals surface area contributed by atoms with E-state index in [1.54, 1.807) is 6.20 Å². The predicted octanol–water partition coefficient (Wildman–Crippen LogP) is 3.07. The minimum atomic E-state index is -0.714.